The van der Waals surface area contributed by atoms with Gasteiger partial charge in [0.25, 0.3) is 0 Å². The van der Waals surface area contributed by atoms with Crippen LogP contribution in [0.5, 0.6) is 0 Å². The number of carbonyl (C=O) groups excluding carboxylic acids is 2. The Balaban J connectivity index is 2.34. The normalized spacial score (nSPS) is 22.8. The lowest BCUT2D eigenvalue weighted by Crippen LogP contribution is -2.24. The number of ketones is 1. The van der Waals surface area contributed by atoms with Crippen LogP contribution in [-0.4, -0.2) is 29.7 Å². The number of fused-ring (bicyclic) bond motifs is 1. The first-order chi connectivity index (χ1) is 4.77. The van der Waals surface area contributed by atoms with E-state index in [2.05, 4.69) is 5.32 Å². The van der Waals surface area contributed by atoms with Crippen molar-refractivity contribution in [3.63, 3.8) is 0 Å². The van der Waals surface area contributed by atoms with Crippen LogP contribution < -0.4 is 5.32 Å². The molecule has 0 radical (unpaired) electrons. The van der Waals surface area contributed by atoms with Gasteiger partial charge in [0.1, 0.15) is 5.82 Å². The molecule has 0 aromatic heterocycles. The van der Waals surface area contributed by atoms with Crippen LogP contribution in [0.25, 0.3) is 0 Å². The number of hydrogen-bond acceptors (Lipinski definition) is 3. The summed E-state index contributed by atoms with van der Waals surface area (Å²) < 4.78 is 0. The maximum Gasteiger partial charge on any atom is 0.247 e. The summed E-state index contributed by atoms with van der Waals surface area (Å²) in [6.07, 6.45) is 1.46. The molecule has 4 nitrogen and oxygen atoms in total. The van der Waals surface area contributed by atoms with Gasteiger partial charge in [0.15, 0.2) is 5.78 Å². The van der Waals surface area contributed by atoms with Gasteiger partial charge < -0.3 is 5.32 Å². The monoisotopic (exact) mass is 138 g/mol. The summed E-state index contributed by atoms with van der Waals surface area (Å²) in [6.45, 7) is 0.556. The minimum absolute atomic E-state index is 0.00412. The Kier molecular flexibility index (Phi) is 0.869. The van der Waals surface area contributed by atoms with Crippen LogP contribution in [-0.2, 0) is 9.59 Å². The van der Waals surface area contributed by atoms with E-state index in [1.165, 1.54) is 11.0 Å². The van der Waals surface area contributed by atoms with Crippen molar-refractivity contribution in [2.75, 3.05) is 13.1 Å². The van der Waals surface area contributed by atoms with E-state index in [9.17, 15) is 9.59 Å². The van der Waals surface area contributed by atoms with Crippen molar-refractivity contribution in [3.05, 3.63) is 11.9 Å². The summed E-state index contributed by atoms with van der Waals surface area (Å²) in [4.78, 5) is 23.0. The Morgan fingerprint density at radius 1 is 1.50 bits per heavy atom. The molecule has 0 bridgehead atoms. The van der Waals surface area contributed by atoms with E-state index in [4.69, 9.17) is 0 Å². The van der Waals surface area contributed by atoms with E-state index in [-0.39, 0.29) is 18.2 Å². The van der Waals surface area contributed by atoms with Crippen molar-refractivity contribution in [3.8, 4) is 0 Å². The van der Waals surface area contributed by atoms with E-state index in [0.717, 1.165) is 0 Å². The van der Waals surface area contributed by atoms with Crippen LogP contribution in [0.15, 0.2) is 11.9 Å². The molecular weight excluding hydrogens is 132 g/mol. The summed E-state index contributed by atoms with van der Waals surface area (Å²) in [5, 5.41) is 2.82. The quantitative estimate of drug-likeness (QED) is 0.459. The Bertz CT molecular complexity index is 244. The molecule has 0 atom stereocenters. The van der Waals surface area contributed by atoms with Crippen molar-refractivity contribution in [1.29, 1.82) is 0 Å². The molecule has 4 heteroatoms. The van der Waals surface area contributed by atoms with Crippen molar-refractivity contribution >= 4 is 11.7 Å². The second-order valence-electron chi connectivity index (χ2n) is 2.33. The third kappa shape index (κ3) is 0.556. The largest absolute Gasteiger partial charge is 0.362 e. The summed E-state index contributed by atoms with van der Waals surface area (Å²) in [5.74, 6) is 0.641. The highest BCUT2D eigenvalue weighted by Crippen LogP contribution is 2.13. The molecule has 1 saturated heterocycles. The Morgan fingerprint density at radius 2 is 2.30 bits per heavy atom. The Labute approximate surface area is 57.5 Å². The summed E-state index contributed by atoms with van der Waals surface area (Å²) >= 11 is 0. The molecule has 0 unspecified atom stereocenters. The zero-order valence-corrected chi connectivity index (χ0v) is 5.26. The molecule has 2 rings (SSSR count). The molecule has 0 aliphatic carbocycles. The first kappa shape index (κ1) is 5.46. The van der Waals surface area contributed by atoms with E-state index in [0.29, 0.717) is 12.4 Å². The number of amides is 1. The minimum atomic E-state index is -0.0166. The highest BCUT2D eigenvalue weighted by atomic mass is 16.2. The molecule has 10 heavy (non-hydrogen) atoms. The van der Waals surface area contributed by atoms with Gasteiger partial charge in [-0.3, -0.25) is 14.5 Å². The molecule has 1 N–H and O–H groups in total. The summed E-state index contributed by atoms with van der Waals surface area (Å²) in [6, 6.07) is 0. The van der Waals surface area contributed by atoms with Gasteiger partial charge in [-0.25, -0.2) is 0 Å². The Hall–Kier alpha value is -1.32. The van der Waals surface area contributed by atoms with Crippen molar-refractivity contribution in [1.82, 2.24) is 10.2 Å². The molecule has 1 fully saturated rings. The van der Waals surface area contributed by atoms with Gasteiger partial charge in [-0.1, -0.05) is 0 Å². The molecule has 0 saturated carbocycles. The SMILES string of the molecule is O=C1C=C2NCC(=O)N2C1. The van der Waals surface area contributed by atoms with Crippen LogP contribution in [0.2, 0.25) is 0 Å². The fraction of sp³-hybridized carbons (Fsp3) is 0.333. The zero-order valence-electron chi connectivity index (χ0n) is 5.26. The smallest absolute Gasteiger partial charge is 0.247 e. The molecule has 0 aromatic carbocycles. The lowest BCUT2D eigenvalue weighted by molar-refractivity contribution is -0.128. The second-order valence-corrected chi connectivity index (χ2v) is 2.33. The molecule has 0 spiro atoms. The highest BCUT2D eigenvalue weighted by Gasteiger charge is 2.31. The van der Waals surface area contributed by atoms with Crippen LogP contribution in [0.4, 0.5) is 0 Å². The highest BCUT2D eigenvalue weighted by molar-refractivity contribution is 6.00. The molecule has 2 aliphatic rings. The van der Waals surface area contributed by atoms with E-state index in [1.54, 1.807) is 0 Å². The molecular formula is C6H6N2O2. The first-order valence-electron chi connectivity index (χ1n) is 3.06. The minimum Gasteiger partial charge on any atom is -0.362 e. The number of carbonyl (C=O) groups is 2. The first-order valence-corrected chi connectivity index (χ1v) is 3.06. The van der Waals surface area contributed by atoms with Gasteiger partial charge in [-0.2, -0.15) is 0 Å². The van der Waals surface area contributed by atoms with Crippen LogP contribution >= 0.6 is 0 Å². The van der Waals surface area contributed by atoms with Gasteiger partial charge in [0, 0.05) is 6.08 Å². The van der Waals surface area contributed by atoms with E-state index >= 15 is 0 Å². The third-order valence-corrected chi connectivity index (χ3v) is 1.62. The molecule has 1 amide bonds. The van der Waals surface area contributed by atoms with Crippen LogP contribution in [0.1, 0.15) is 0 Å². The number of nitrogens with zero attached hydrogens (tertiary/aromatic N) is 1. The van der Waals surface area contributed by atoms with Gasteiger partial charge >= 0.3 is 0 Å². The van der Waals surface area contributed by atoms with Crippen molar-refractivity contribution < 1.29 is 9.59 Å². The van der Waals surface area contributed by atoms with Crippen LogP contribution in [0, 0.1) is 0 Å². The van der Waals surface area contributed by atoms with Gasteiger partial charge in [0.05, 0.1) is 13.1 Å². The van der Waals surface area contributed by atoms with Gasteiger partial charge in [-0.05, 0) is 0 Å². The van der Waals surface area contributed by atoms with Crippen molar-refractivity contribution in [2.45, 2.75) is 0 Å². The van der Waals surface area contributed by atoms with Crippen LogP contribution in [0.3, 0.4) is 0 Å². The maximum absolute atomic E-state index is 10.9. The number of nitrogens with one attached hydrogen (secondary N) is 1. The van der Waals surface area contributed by atoms with Crippen molar-refractivity contribution in [2.24, 2.45) is 0 Å². The fourth-order valence-electron chi connectivity index (χ4n) is 1.15. The van der Waals surface area contributed by atoms with Gasteiger partial charge in [-0.15, -0.1) is 0 Å². The lowest BCUT2D eigenvalue weighted by Gasteiger charge is -2.05. The topological polar surface area (TPSA) is 49.4 Å². The second kappa shape index (κ2) is 1.59. The predicted octanol–water partition coefficient (Wildman–Crippen LogP) is -1.16. The van der Waals surface area contributed by atoms with Gasteiger partial charge in [0.2, 0.25) is 5.91 Å². The molecule has 2 heterocycles. The average molecular weight is 138 g/mol. The molecule has 0 aromatic rings. The molecule has 2 aliphatic heterocycles. The standard InChI is InChI=1S/C6H6N2O2/c9-4-1-5-7-2-6(10)8(5)3-4/h1,7H,2-3H2. The predicted molar refractivity (Wildman–Crippen MR) is 32.8 cm³/mol. The summed E-state index contributed by atoms with van der Waals surface area (Å²) in [5.41, 5.74) is 0. The third-order valence-electron chi connectivity index (χ3n) is 1.62. The molecule has 52 valence electrons. The fourth-order valence-corrected chi connectivity index (χ4v) is 1.15. The maximum atomic E-state index is 10.9. The lowest BCUT2D eigenvalue weighted by atomic mass is 10.4. The van der Waals surface area contributed by atoms with E-state index < -0.39 is 0 Å². The Morgan fingerprint density at radius 3 is 3.00 bits per heavy atom. The zero-order chi connectivity index (χ0) is 7.14. The average Bonchev–Trinajstić information content (AvgIpc) is 2.35. The summed E-state index contributed by atoms with van der Waals surface area (Å²) in [7, 11) is 0. The number of hydrogen-bond donors (Lipinski definition) is 1. The van der Waals surface area contributed by atoms with E-state index in [1.807, 2.05) is 0 Å². The number of rotatable bonds is 0.